The third-order valence-corrected chi connectivity index (χ3v) is 1.53. The fraction of sp³-hybridized carbons (Fsp3) is 0.250. The van der Waals surface area contributed by atoms with Crippen molar-refractivity contribution in [1.82, 2.24) is 9.59 Å². The van der Waals surface area contributed by atoms with E-state index in [0.717, 1.165) is 11.5 Å². The topological polar surface area (TPSA) is 64.1 Å². The SMILES string of the molecule is COc1snnc1NC=O. The van der Waals surface area contributed by atoms with Crippen LogP contribution in [0.25, 0.3) is 0 Å². The van der Waals surface area contributed by atoms with Gasteiger partial charge < -0.3 is 10.1 Å². The quantitative estimate of drug-likeness (QED) is 0.636. The molecule has 5 nitrogen and oxygen atoms in total. The van der Waals surface area contributed by atoms with Gasteiger partial charge in [-0.25, -0.2) is 0 Å². The molecule has 0 fully saturated rings. The number of amides is 1. The van der Waals surface area contributed by atoms with Gasteiger partial charge in [-0.1, -0.05) is 4.49 Å². The van der Waals surface area contributed by atoms with Crippen LogP contribution in [0.3, 0.4) is 0 Å². The number of nitrogens with one attached hydrogen (secondary N) is 1. The Balaban J connectivity index is 2.79. The number of anilines is 1. The van der Waals surface area contributed by atoms with E-state index in [1.54, 1.807) is 0 Å². The van der Waals surface area contributed by atoms with Crippen LogP contribution < -0.4 is 10.1 Å². The molecule has 0 aliphatic heterocycles. The standard InChI is InChI=1S/C4H5N3O2S/c1-9-4-3(5-2-8)6-7-10-4/h2H,1H3,(H,5,8). The first-order valence-corrected chi connectivity index (χ1v) is 3.22. The zero-order chi connectivity index (χ0) is 7.40. The van der Waals surface area contributed by atoms with Crippen molar-refractivity contribution in [1.29, 1.82) is 0 Å². The van der Waals surface area contributed by atoms with Crippen LogP contribution in [-0.2, 0) is 4.79 Å². The highest BCUT2D eigenvalue weighted by Crippen LogP contribution is 2.23. The van der Waals surface area contributed by atoms with Crippen molar-refractivity contribution in [2.45, 2.75) is 0 Å². The van der Waals surface area contributed by atoms with Gasteiger partial charge in [0.2, 0.25) is 17.3 Å². The van der Waals surface area contributed by atoms with E-state index >= 15 is 0 Å². The van der Waals surface area contributed by atoms with Gasteiger partial charge in [-0.15, -0.1) is 5.10 Å². The maximum atomic E-state index is 9.91. The number of hydrogen-bond acceptors (Lipinski definition) is 5. The highest BCUT2D eigenvalue weighted by molar-refractivity contribution is 7.08. The maximum Gasteiger partial charge on any atom is 0.239 e. The molecular weight excluding hydrogens is 154 g/mol. The summed E-state index contributed by atoms with van der Waals surface area (Å²) < 4.78 is 8.37. The second kappa shape index (κ2) is 3.11. The molecule has 0 aliphatic rings. The first-order valence-electron chi connectivity index (χ1n) is 2.45. The fourth-order valence-electron chi connectivity index (χ4n) is 0.460. The van der Waals surface area contributed by atoms with Gasteiger partial charge >= 0.3 is 0 Å². The molecule has 6 heteroatoms. The zero-order valence-corrected chi connectivity index (χ0v) is 6.01. The van der Waals surface area contributed by atoms with Crippen molar-refractivity contribution in [3.63, 3.8) is 0 Å². The lowest BCUT2D eigenvalue weighted by Gasteiger charge is -1.93. The van der Waals surface area contributed by atoms with Gasteiger partial charge in [-0.05, 0) is 0 Å². The largest absolute Gasteiger partial charge is 0.484 e. The molecule has 10 heavy (non-hydrogen) atoms. The van der Waals surface area contributed by atoms with Crippen LogP contribution in [0, 0.1) is 0 Å². The summed E-state index contributed by atoms with van der Waals surface area (Å²) >= 11 is 1.08. The van der Waals surface area contributed by atoms with E-state index in [1.165, 1.54) is 7.11 Å². The van der Waals surface area contributed by atoms with Crippen LogP contribution in [0.5, 0.6) is 5.06 Å². The van der Waals surface area contributed by atoms with E-state index in [4.69, 9.17) is 4.74 Å². The lowest BCUT2D eigenvalue weighted by Crippen LogP contribution is -1.95. The van der Waals surface area contributed by atoms with Crippen molar-refractivity contribution in [3.05, 3.63) is 0 Å². The Kier molecular flexibility index (Phi) is 2.16. The molecule has 0 spiro atoms. The van der Waals surface area contributed by atoms with E-state index in [9.17, 15) is 4.79 Å². The highest BCUT2D eigenvalue weighted by atomic mass is 32.1. The minimum atomic E-state index is 0.363. The predicted molar refractivity (Wildman–Crippen MR) is 36.1 cm³/mol. The molecular formula is C4H5N3O2S. The Hall–Kier alpha value is -1.17. The highest BCUT2D eigenvalue weighted by Gasteiger charge is 2.04. The summed E-state index contributed by atoms with van der Waals surface area (Å²) in [6.45, 7) is 0. The molecule has 1 aromatic rings. The Morgan fingerprint density at radius 1 is 1.80 bits per heavy atom. The van der Waals surface area contributed by atoms with Gasteiger partial charge in [-0.2, -0.15) is 0 Å². The Labute approximate surface area is 61.2 Å². The van der Waals surface area contributed by atoms with Crippen LogP contribution in [0.1, 0.15) is 0 Å². The number of hydrogen-bond donors (Lipinski definition) is 1. The van der Waals surface area contributed by atoms with Gasteiger partial charge in [0.15, 0.2) is 0 Å². The third kappa shape index (κ3) is 1.21. The van der Waals surface area contributed by atoms with Crippen molar-refractivity contribution in [3.8, 4) is 5.06 Å². The first-order chi connectivity index (χ1) is 4.88. The summed E-state index contributed by atoms with van der Waals surface area (Å²) in [6, 6.07) is 0. The van der Waals surface area contributed by atoms with Crippen molar-refractivity contribution < 1.29 is 9.53 Å². The van der Waals surface area contributed by atoms with E-state index in [0.29, 0.717) is 17.3 Å². The minimum absolute atomic E-state index is 0.363. The van der Waals surface area contributed by atoms with Gasteiger partial charge in [0.25, 0.3) is 0 Å². The number of rotatable bonds is 3. The molecule has 0 radical (unpaired) electrons. The molecule has 1 aromatic heterocycles. The molecule has 0 saturated heterocycles. The zero-order valence-electron chi connectivity index (χ0n) is 5.20. The normalized spacial score (nSPS) is 8.90. The molecule has 54 valence electrons. The van der Waals surface area contributed by atoms with E-state index in [2.05, 4.69) is 14.9 Å². The summed E-state index contributed by atoms with van der Waals surface area (Å²) in [5.74, 6) is 0.363. The second-order valence-electron chi connectivity index (χ2n) is 1.38. The van der Waals surface area contributed by atoms with Gasteiger partial charge in [0.05, 0.1) is 7.11 Å². The monoisotopic (exact) mass is 159 g/mol. The molecule has 1 amide bonds. The van der Waals surface area contributed by atoms with Crippen molar-refractivity contribution >= 4 is 23.8 Å². The Bertz CT molecular complexity index is 224. The number of ether oxygens (including phenoxy) is 1. The molecule has 0 aromatic carbocycles. The minimum Gasteiger partial charge on any atom is -0.484 e. The Morgan fingerprint density at radius 3 is 3.20 bits per heavy atom. The molecule has 1 N–H and O–H groups in total. The lowest BCUT2D eigenvalue weighted by molar-refractivity contribution is -0.105. The van der Waals surface area contributed by atoms with Gasteiger partial charge in [0.1, 0.15) is 0 Å². The number of carbonyl (C=O) groups is 1. The fourth-order valence-corrected chi connectivity index (χ4v) is 0.917. The summed E-state index contributed by atoms with van der Waals surface area (Å²) in [5.41, 5.74) is 0. The van der Waals surface area contributed by atoms with Crippen LogP contribution in [0.2, 0.25) is 0 Å². The van der Waals surface area contributed by atoms with Gasteiger partial charge in [0, 0.05) is 11.5 Å². The smallest absolute Gasteiger partial charge is 0.239 e. The number of aromatic nitrogens is 2. The van der Waals surface area contributed by atoms with Crippen molar-refractivity contribution in [2.75, 3.05) is 12.4 Å². The average Bonchev–Trinajstić information content (AvgIpc) is 2.36. The number of nitrogens with zero attached hydrogens (tertiary/aromatic N) is 2. The van der Waals surface area contributed by atoms with Crippen LogP contribution in [0.4, 0.5) is 5.82 Å². The average molecular weight is 159 g/mol. The van der Waals surface area contributed by atoms with Crippen LogP contribution in [-0.4, -0.2) is 23.1 Å². The first kappa shape index (κ1) is 6.94. The molecule has 0 saturated carbocycles. The lowest BCUT2D eigenvalue weighted by atomic mass is 10.7. The molecule has 1 heterocycles. The van der Waals surface area contributed by atoms with E-state index in [-0.39, 0.29) is 0 Å². The van der Waals surface area contributed by atoms with Gasteiger partial charge in [-0.3, -0.25) is 4.79 Å². The Morgan fingerprint density at radius 2 is 2.60 bits per heavy atom. The molecule has 1 rings (SSSR count). The van der Waals surface area contributed by atoms with Crippen molar-refractivity contribution in [2.24, 2.45) is 0 Å². The van der Waals surface area contributed by atoms with Crippen LogP contribution in [0.15, 0.2) is 0 Å². The second-order valence-corrected chi connectivity index (χ2v) is 2.09. The number of carbonyl (C=O) groups excluding carboxylic acids is 1. The summed E-state index contributed by atoms with van der Waals surface area (Å²) in [6.07, 6.45) is 0.527. The molecule has 0 atom stereocenters. The summed E-state index contributed by atoms with van der Waals surface area (Å²) in [4.78, 5) is 9.91. The summed E-state index contributed by atoms with van der Waals surface area (Å²) in [5, 5.41) is 6.42. The van der Waals surface area contributed by atoms with E-state index < -0.39 is 0 Å². The third-order valence-electron chi connectivity index (χ3n) is 0.839. The molecule has 0 bridgehead atoms. The predicted octanol–water partition coefficient (Wildman–Crippen LogP) is 0.115. The summed E-state index contributed by atoms with van der Waals surface area (Å²) in [7, 11) is 1.49. The van der Waals surface area contributed by atoms with E-state index in [1.807, 2.05) is 0 Å². The van der Waals surface area contributed by atoms with Crippen LogP contribution >= 0.6 is 11.5 Å². The molecule has 0 aliphatic carbocycles. The molecule has 0 unspecified atom stereocenters. The maximum absolute atomic E-state index is 9.91. The number of methoxy groups -OCH3 is 1.